The van der Waals surface area contributed by atoms with Crippen molar-refractivity contribution in [3.05, 3.63) is 18.0 Å². The third-order valence-electron chi connectivity index (χ3n) is 4.31. The predicted molar refractivity (Wildman–Crippen MR) is 78.7 cm³/mol. The van der Waals surface area contributed by atoms with E-state index in [9.17, 15) is 13.2 Å². The van der Waals surface area contributed by atoms with E-state index in [4.69, 9.17) is 5.11 Å². The fourth-order valence-electron chi connectivity index (χ4n) is 2.86. The number of hydrogen-bond donors (Lipinski definition) is 2. The van der Waals surface area contributed by atoms with Crippen LogP contribution in [-0.4, -0.2) is 30.1 Å². The van der Waals surface area contributed by atoms with Gasteiger partial charge in [0.1, 0.15) is 10.6 Å². The fraction of sp³-hybridized carbons (Fsp3) is 0.643. The van der Waals surface area contributed by atoms with Crippen LogP contribution in [0.5, 0.6) is 0 Å². The molecule has 0 amide bonds. The first-order valence-electron chi connectivity index (χ1n) is 7.05. The van der Waals surface area contributed by atoms with Crippen LogP contribution in [0.25, 0.3) is 0 Å². The van der Waals surface area contributed by atoms with Gasteiger partial charge in [0.15, 0.2) is 0 Å². The highest BCUT2D eigenvalue weighted by Gasteiger charge is 2.35. The Labute approximate surface area is 125 Å². The maximum absolute atomic E-state index is 12.5. The first kappa shape index (κ1) is 16.0. The summed E-state index contributed by atoms with van der Waals surface area (Å²) in [6.45, 7) is 4.13. The summed E-state index contributed by atoms with van der Waals surface area (Å²) in [5.74, 6) is -1.14. The fourth-order valence-corrected chi connectivity index (χ4v) is 4.37. The lowest BCUT2D eigenvalue weighted by Gasteiger charge is -2.38. The maximum Gasteiger partial charge on any atom is 0.352 e. The zero-order chi connectivity index (χ0) is 15.8. The quantitative estimate of drug-likeness (QED) is 0.889. The van der Waals surface area contributed by atoms with E-state index in [0.717, 1.165) is 25.7 Å². The van der Waals surface area contributed by atoms with Gasteiger partial charge in [-0.2, -0.15) is 0 Å². The van der Waals surface area contributed by atoms with Crippen molar-refractivity contribution in [3.8, 4) is 0 Å². The minimum atomic E-state index is -3.70. The molecule has 6 nitrogen and oxygen atoms in total. The zero-order valence-electron chi connectivity index (χ0n) is 12.6. The summed E-state index contributed by atoms with van der Waals surface area (Å²) in [6.07, 6.45) is 5.24. The number of hydrogen-bond acceptors (Lipinski definition) is 3. The van der Waals surface area contributed by atoms with Crippen molar-refractivity contribution in [2.24, 2.45) is 12.5 Å². The molecule has 1 unspecified atom stereocenters. The largest absolute Gasteiger partial charge is 0.477 e. The van der Waals surface area contributed by atoms with Crippen LogP contribution >= 0.6 is 0 Å². The molecule has 0 radical (unpaired) electrons. The number of rotatable bonds is 4. The summed E-state index contributed by atoms with van der Waals surface area (Å²) in [5.41, 5.74) is -0.131. The molecule has 1 atom stereocenters. The van der Waals surface area contributed by atoms with Crippen molar-refractivity contribution in [1.82, 2.24) is 9.29 Å². The summed E-state index contributed by atoms with van der Waals surface area (Å²) in [4.78, 5) is 11.0. The van der Waals surface area contributed by atoms with Crippen LogP contribution in [0, 0.1) is 5.41 Å². The third-order valence-corrected chi connectivity index (χ3v) is 5.75. The van der Waals surface area contributed by atoms with Crippen LogP contribution in [0.2, 0.25) is 0 Å². The van der Waals surface area contributed by atoms with Crippen LogP contribution in [0.15, 0.2) is 17.2 Å². The molecule has 7 heteroatoms. The molecule has 1 fully saturated rings. The molecule has 2 N–H and O–H groups in total. The Morgan fingerprint density at radius 1 is 1.43 bits per heavy atom. The number of carbonyl (C=O) groups is 1. The van der Waals surface area contributed by atoms with Gasteiger partial charge in [0, 0.05) is 19.3 Å². The molecule has 1 aromatic heterocycles. The van der Waals surface area contributed by atoms with Gasteiger partial charge < -0.3 is 9.67 Å². The van der Waals surface area contributed by atoms with Crippen molar-refractivity contribution in [2.75, 3.05) is 0 Å². The number of nitrogens with zero attached hydrogens (tertiary/aromatic N) is 1. The lowest BCUT2D eigenvalue weighted by atomic mass is 9.74. The molecular formula is C14H22N2O4S. The lowest BCUT2D eigenvalue weighted by molar-refractivity contribution is 0.0686. The molecular weight excluding hydrogens is 292 g/mol. The zero-order valence-corrected chi connectivity index (χ0v) is 13.4. The topological polar surface area (TPSA) is 88.4 Å². The SMILES string of the molecule is Cn1cc(S(=O)(=O)NC2CCCCC2(C)C)cc1C(=O)O. The Hall–Kier alpha value is -1.34. The van der Waals surface area contributed by atoms with E-state index in [2.05, 4.69) is 18.6 Å². The molecule has 118 valence electrons. The summed E-state index contributed by atoms with van der Waals surface area (Å²) in [6, 6.07) is 1.07. The van der Waals surface area contributed by atoms with Gasteiger partial charge in [-0.3, -0.25) is 0 Å². The van der Waals surface area contributed by atoms with Gasteiger partial charge in [-0.15, -0.1) is 0 Å². The summed E-state index contributed by atoms with van der Waals surface area (Å²) in [7, 11) is -2.18. The molecule has 0 aliphatic heterocycles. The van der Waals surface area contributed by atoms with E-state index in [0.29, 0.717) is 0 Å². The first-order valence-corrected chi connectivity index (χ1v) is 8.54. The van der Waals surface area contributed by atoms with E-state index >= 15 is 0 Å². The standard InChI is InChI=1S/C14H22N2O4S/c1-14(2)7-5-4-6-12(14)15-21(19,20)10-8-11(13(17)18)16(3)9-10/h8-9,12,15H,4-7H2,1-3H3,(H,17,18). The molecule has 1 saturated carbocycles. The number of aryl methyl sites for hydroxylation is 1. The number of sulfonamides is 1. The molecule has 1 aromatic rings. The Balaban J connectivity index is 2.26. The first-order chi connectivity index (χ1) is 9.63. The highest BCUT2D eigenvalue weighted by Crippen LogP contribution is 2.36. The van der Waals surface area contributed by atoms with Gasteiger partial charge in [-0.05, 0) is 24.3 Å². The number of carboxylic acids is 1. The molecule has 21 heavy (non-hydrogen) atoms. The average Bonchev–Trinajstić information content (AvgIpc) is 2.75. The van der Waals surface area contributed by atoms with E-state index in [-0.39, 0.29) is 22.0 Å². The van der Waals surface area contributed by atoms with Gasteiger partial charge in [-0.25, -0.2) is 17.9 Å². The van der Waals surface area contributed by atoms with Crippen molar-refractivity contribution in [2.45, 2.75) is 50.5 Å². The molecule has 1 heterocycles. The van der Waals surface area contributed by atoms with Gasteiger partial charge >= 0.3 is 5.97 Å². The second-order valence-electron chi connectivity index (χ2n) is 6.39. The summed E-state index contributed by atoms with van der Waals surface area (Å²) < 4.78 is 29.0. The maximum atomic E-state index is 12.5. The third kappa shape index (κ3) is 3.29. The molecule has 1 aliphatic carbocycles. The van der Waals surface area contributed by atoms with Crippen LogP contribution in [0.1, 0.15) is 50.0 Å². The van der Waals surface area contributed by atoms with Gasteiger partial charge in [0.25, 0.3) is 0 Å². The van der Waals surface area contributed by atoms with Crippen molar-refractivity contribution in [1.29, 1.82) is 0 Å². The number of aromatic carboxylic acids is 1. The normalized spacial score (nSPS) is 22.1. The Morgan fingerprint density at radius 3 is 2.62 bits per heavy atom. The second kappa shape index (κ2) is 5.46. The Morgan fingerprint density at radius 2 is 2.10 bits per heavy atom. The monoisotopic (exact) mass is 314 g/mol. The number of nitrogens with one attached hydrogen (secondary N) is 1. The van der Waals surface area contributed by atoms with Crippen LogP contribution in [0.4, 0.5) is 0 Å². The summed E-state index contributed by atoms with van der Waals surface area (Å²) in [5, 5.41) is 9.01. The van der Waals surface area contributed by atoms with Crippen molar-refractivity contribution < 1.29 is 18.3 Å². The van der Waals surface area contributed by atoms with Crippen LogP contribution in [-0.2, 0) is 17.1 Å². The summed E-state index contributed by atoms with van der Waals surface area (Å²) >= 11 is 0. The van der Waals surface area contributed by atoms with Crippen LogP contribution in [0.3, 0.4) is 0 Å². The lowest BCUT2D eigenvalue weighted by Crippen LogP contribution is -2.46. The minimum Gasteiger partial charge on any atom is -0.477 e. The molecule has 0 aromatic carbocycles. The van der Waals surface area contributed by atoms with E-state index < -0.39 is 16.0 Å². The second-order valence-corrected chi connectivity index (χ2v) is 8.10. The van der Waals surface area contributed by atoms with E-state index in [1.807, 2.05) is 0 Å². The Bertz CT molecular complexity index is 646. The average molecular weight is 314 g/mol. The molecule has 0 bridgehead atoms. The molecule has 0 saturated heterocycles. The van der Waals surface area contributed by atoms with E-state index in [1.54, 1.807) is 0 Å². The van der Waals surface area contributed by atoms with Gasteiger partial charge in [0.05, 0.1) is 0 Å². The van der Waals surface area contributed by atoms with Gasteiger partial charge in [-0.1, -0.05) is 26.7 Å². The predicted octanol–water partition coefficient (Wildman–Crippen LogP) is 1.97. The smallest absolute Gasteiger partial charge is 0.352 e. The van der Waals surface area contributed by atoms with E-state index in [1.165, 1.54) is 23.9 Å². The number of carboxylic acid groups (broad SMARTS) is 1. The van der Waals surface area contributed by atoms with Crippen molar-refractivity contribution >= 4 is 16.0 Å². The minimum absolute atomic E-state index is 0.00349. The highest BCUT2D eigenvalue weighted by atomic mass is 32.2. The van der Waals surface area contributed by atoms with Crippen molar-refractivity contribution in [3.63, 3.8) is 0 Å². The Kier molecular flexibility index (Phi) is 4.17. The molecule has 2 rings (SSSR count). The highest BCUT2D eigenvalue weighted by molar-refractivity contribution is 7.89. The molecule has 0 spiro atoms. The van der Waals surface area contributed by atoms with Gasteiger partial charge in [0.2, 0.25) is 10.0 Å². The number of aromatic nitrogens is 1. The van der Waals surface area contributed by atoms with Crippen LogP contribution < -0.4 is 4.72 Å². The molecule has 1 aliphatic rings.